The van der Waals surface area contributed by atoms with Crippen molar-refractivity contribution in [3.63, 3.8) is 0 Å². The van der Waals surface area contributed by atoms with E-state index in [1.165, 1.54) is 0 Å². The summed E-state index contributed by atoms with van der Waals surface area (Å²) < 4.78 is 5.14. The molecule has 0 fully saturated rings. The van der Waals surface area contributed by atoms with Gasteiger partial charge in [-0.25, -0.2) is 0 Å². The van der Waals surface area contributed by atoms with E-state index in [2.05, 4.69) is 0 Å². The van der Waals surface area contributed by atoms with Crippen LogP contribution in [0.1, 0.15) is 12.0 Å². The van der Waals surface area contributed by atoms with Gasteiger partial charge in [-0.1, -0.05) is 29.8 Å². The van der Waals surface area contributed by atoms with Crippen LogP contribution >= 0.6 is 0 Å². The minimum Gasteiger partial charge on any atom is -0.423 e. The third-order valence-corrected chi connectivity index (χ3v) is 2.03. The lowest BCUT2D eigenvalue weighted by Crippen LogP contribution is -2.35. The summed E-state index contributed by atoms with van der Waals surface area (Å²) in [5.41, 5.74) is 1.79. The average Bonchev–Trinajstić information content (AvgIpc) is 2.18. The van der Waals surface area contributed by atoms with Gasteiger partial charge in [0, 0.05) is 13.2 Å². The quantitative estimate of drug-likeness (QED) is 0.515. The molecular weight excluding hydrogens is 179 g/mol. The van der Waals surface area contributed by atoms with E-state index in [0.29, 0.717) is 13.0 Å². The van der Waals surface area contributed by atoms with E-state index in [1.54, 1.807) is 0 Å². The van der Waals surface area contributed by atoms with Gasteiger partial charge in [-0.2, -0.15) is 0 Å². The summed E-state index contributed by atoms with van der Waals surface area (Å²) in [5, 5.41) is 18.2. The largest absolute Gasteiger partial charge is 0.491 e. The van der Waals surface area contributed by atoms with E-state index in [1.807, 2.05) is 31.2 Å². The lowest BCUT2D eigenvalue weighted by atomic mass is 9.77. The van der Waals surface area contributed by atoms with Gasteiger partial charge in [-0.15, -0.1) is 0 Å². The summed E-state index contributed by atoms with van der Waals surface area (Å²) in [5.74, 6) is 0. The van der Waals surface area contributed by atoms with Crippen molar-refractivity contribution in [2.75, 3.05) is 13.2 Å². The van der Waals surface area contributed by atoms with Crippen LogP contribution in [0.15, 0.2) is 24.3 Å². The van der Waals surface area contributed by atoms with Gasteiger partial charge in [0.15, 0.2) is 0 Å². The van der Waals surface area contributed by atoms with Crippen LogP contribution in [0.4, 0.5) is 0 Å². The molecule has 0 atom stereocenters. The highest BCUT2D eigenvalue weighted by atomic mass is 16.5. The van der Waals surface area contributed by atoms with Gasteiger partial charge < -0.3 is 14.8 Å². The molecule has 76 valence electrons. The maximum atomic E-state index is 9.62. The predicted octanol–water partition coefficient (Wildman–Crippen LogP) is 0.0815. The molecule has 0 unspecified atom stereocenters. The Morgan fingerprint density at radius 2 is 2.07 bits per heavy atom. The zero-order chi connectivity index (χ0) is 10.4. The van der Waals surface area contributed by atoms with Gasteiger partial charge in [0.1, 0.15) is 0 Å². The Balaban J connectivity index is 2.51. The number of aryl methyl sites for hydroxylation is 1. The second kappa shape index (κ2) is 5.80. The fourth-order valence-electron chi connectivity index (χ4n) is 1.21. The molecule has 3 nitrogen and oxygen atoms in total. The summed E-state index contributed by atoms with van der Waals surface area (Å²) in [6.45, 7) is 2.38. The van der Waals surface area contributed by atoms with Crippen molar-refractivity contribution in [1.82, 2.24) is 0 Å². The van der Waals surface area contributed by atoms with Crippen LogP contribution in [-0.2, 0) is 4.65 Å². The minimum absolute atomic E-state index is 0.0838. The first-order valence-corrected chi connectivity index (χ1v) is 4.71. The fourth-order valence-corrected chi connectivity index (χ4v) is 1.21. The Bertz CT molecular complexity index is 278. The molecule has 0 spiro atoms. The average molecular weight is 194 g/mol. The number of aliphatic hydroxyl groups is 1. The van der Waals surface area contributed by atoms with E-state index in [-0.39, 0.29) is 6.61 Å². The van der Waals surface area contributed by atoms with Gasteiger partial charge >= 0.3 is 7.12 Å². The molecule has 0 bridgehead atoms. The first-order chi connectivity index (χ1) is 6.75. The molecular formula is C10H15BO3. The topological polar surface area (TPSA) is 49.7 Å². The van der Waals surface area contributed by atoms with Gasteiger partial charge in [0.05, 0.1) is 0 Å². The van der Waals surface area contributed by atoms with E-state index in [0.717, 1.165) is 11.0 Å². The Morgan fingerprint density at radius 3 is 2.71 bits per heavy atom. The normalized spacial score (nSPS) is 10.2. The Morgan fingerprint density at radius 1 is 1.36 bits per heavy atom. The molecule has 1 aromatic rings. The summed E-state index contributed by atoms with van der Waals surface area (Å²) in [4.78, 5) is 0. The molecule has 0 saturated heterocycles. The smallest absolute Gasteiger partial charge is 0.423 e. The number of benzene rings is 1. The van der Waals surface area contributed by atoms with Gasteiger partial charge in [0.2, 0.25) is 0 Å². The third-order valence-electron chi connectivity index (χ3n) is 2.03. The van der Waals surface area contributed by atoms with Crippen LogP contribution in [0.2, 0.25) is 0 Å². The zero-order valence-corrected chi connectivity index (χ0v) is 8.31. The van der Waals surface area contributed by atoms with Crippen molar-refractivity contribution < 1.29 is 14.8 Å². The molecule has 0 heterocycles. The monoisotopic (exact) mass is 194 g/mol. The summed E-state index contributed by atoms with van der Waals surface area (Å²) in [6, 6.07) is 7.53. The lowest BCUT2D eigenvalue weighted by molar-refractivity contribution is 0.216. The van der Waals surface area contributed by atoms with E-state index >= 15 is 0 Å². The second-order valence-corrected chi connectivity index (χ2v) is 3.16. The molecule has 14 heavy (non-hydrogen) atoms. The molecule has 4 heteroatoms. The second-order valence-electron chi connectivity index (χ2n) is 3.16. The molecule has 0 saturated carbocycles. The van der Waals surface area contributed by atoms with Crippen LogP contribution in [-0.4, -0.2) is 30.5 Å². The van der Waals surface area contributed by atoms with Crippen molar-refractivity contribution in [3.8, 4) is 0 Å². The first kappa shape index (κ1) is 11.2. The molecule has 0 amide bonds. The van der Waals surface area contributed by atoms with Gasteiger partial charge in [-0.05, 0) is 18.8 Å². The Kier molecular flexibility index (Phi) is 4.66. The summed E-state index contributed by atoms with van der Waals surface area (Å²) in [7, 11) is -0.886. The van der Waals surface area contributed by atoms with Crippen molar-refractivity contribution in [3.05, 3.63) is 29.8 Å². The highest BCUT2D eigenvalue weighted by Crippen LogP contribution is 1.96. The SMILES string of the molecule is Cc1ccccc1B(O)OCCCO. The van der Waals surface area contributed by atoms with Crippen molar-refractivity contribution in [1.29, 1.82) is 0 Å². The van der Waals surface area contributed by atoms with Crippen LogP contribution < -0.4 is 5.46 Å². The van der Waals surface area contributed by atoms with Crippen LogP contribution in [0.3, 0.4) is 0 Å². The van der Waals surface area contributed by atoms with Crippen molar-refractivity contribution in [2.45, 2.75) is 13.3 Å². The van der Waals surface area contributed by atoms with Gasteiger partial charge in [-0.3, -0.25) is 0 Å². The van der Waals surface area contributed by atoms with Crippen LogP contribution in [0.5, 0.6) is 0 Å². The van der Waals surface area contributed by atoms with Crippen LogP contribution in [0, 0.1) is 6.92 Å². The fraction of sp³-hybridized carbons (Fsp3) is 0.400. The molecule has 0 aliphatic carbocycles. The van der Waals surface area contributed by atoms with E-state index < -0.39 is 7.12 Å². The molecule has 0 aliphatic rings. The molecule has 0 aromatic heterocycles. The molecule has 0 radical (unpaired) electrons. The van der Waals surface area contributed by atoms with Crippen molar-refractivity contribution in [2.24, 2.45) is 0 Å². The molecule has 0 aliphatic heterocycles. The van der Waals surface area contributed by atoms with E-state index in [4.69, 9.17) is 9.76 Å². The third kappa shape index (κ3) is 3.14. The minimum atomic E-state index is -0.886. The maximum Gasteiger partial charge on any atom is 0.491 e. The highest BCUT2D eigenvalue weighted by molar-refractivity contribution is 6.60. The molecule has 1 rings (SSSR count). The summed E-state index contributed by atoms with van der Waals surface area (Å²) >= 11 is 0. The maximum absolute atomic E-state index is 9.62. The zero-order valence-electron chi connectivity index (χ0n) is 8.31. The number of hydrogen-bond donors (Lipinski definition) is 2. The highest BCUT2D eigenvalue weighted by Gasteiger charge is 2.17. The van der Waals surface area contributed by atoms with Crippen molar-refractivity contribution >= 4 is 12.6 Å². The standard InChI is InChI=1S/C10H15BO3/c1-9-5-2-3-6-10(9)11(13)14-8-4-7-12/h2-3,5-6,12-13H,4,7-8H2,1H3. The predicted molar refractivity (Wildman–Crippen MR) is 56.4 cm³/mol. The van der Waals surface area contributed by atoms with E-state index in [9.17, 15) is 5.02 Å². The first-order valence-electron chi connectivity index (χ1n) is 4.71. The van der Waals surface area contributed by atoms with Gasteiger partial charge in [0.25, 0.3) is 0 Å². The number of hydrogen-bond acceptors (Lipinski definition) is 3. The van der Waals surface area contributed by atoms with Crippen LogP contribution in [0.25, 0.3) is 0 Å². The Hall–Kier alpha value is -0.835. The number of aliphatic hydroxyl groups excluding tert-OH is 1. The number of rotatable bonds is 5. The summed E-state index contributed by atoms with van der Waals surface area (Å²) in [6.07, 6.45) is 0.545. The Labute approximate surface area is 84.5 Å². The lowest BCUT2D eigenvalue weighted by Gasteiger charge is -2.09. The molecule has 1 aromatic carbocycles. The molecule has 2 N–H and O–H groups in total.